The van der Waals surface area contributed by atoms with Crippen LogP contribution in [0.2, 0.25) is 0 Å². The third-order valence-electron chi connectivity index (χ3n) is 2.53. The number of amides is 2. The van der Waals surface area contributed by atoms with Gasteiger partial charge in [0.25, 0.3) is 10.0 Å². The van der Waals surface area contributed by atoms with E-state index in [1.54, 1.807) is 24.3 Å². The van der Waals surface area contributed by atoms with Crippen molar-refractivity contribution in [3.05, 3.63) is 53.0 Å². The molecule has 2 aromatic rings. The summed E-state index contributed by atoms with van der Waals surface area (Å²) in [6.07, 6.45) is 0. The lowest BCUT2D eigenvalue weighted by molar-refractivity contribution is 0.259. The van der Waals surface area contributed by atoms with Crippen LogP contribution in [0.5, 0.6) is 0 Å². The fourth-order valence-electron chi connectivity index (χ4n) is 1.59. The van der Waals surface area contributed by atoms with Crippen LogP contribution in [0, 0.1) is 0 Å². The standard InChI is InChI=1S/C13H12BrN3O3S/c14-9-1-7-12(8-2-9)21(19,20)17-11-5-3-10(4-6-11)16-13(15)18/h1-8,17H,(H3,15,16,18). The van der Waals surface area contributed by atoms with E-state index in [1.807, 2.05) is 0 Å². The summed E-state index contributed by atoms with van der Waals surface area (Å²) >= 11 is 3.25. The van der Waals surface area contributed by atoms with E-state index in [9.17, 15) is 13.2 Å². The predicted octanol–water partition coefficient (Wildman–Crippen LogP) is 2.74. The molecule has 0 bridgehead atoms. The molecule has 0 saturated heterocycles. The summed E-state index contributed by atoms with van der Waals surface area (Å²) in [6.45, 7) is 0. The van der Waals surface area contributed by atoms with Crippen LogP contribution < -0.4 is 15.8 Å². The summed E-state index contributed by atoms with van der Waals surface area (Å²) in [7, 11) is -3.65. The Balaban J connectivity index is 2.16. The van der Waals surface area contributed by atoms with E-state index in [2.05, 4.69) is 26.0 Å². The van der Waals surface area contributed by atoms with E-state index in [4.69, 9.17) is 5.73 Å². The van der Waals surface area contributed by atoms with Gasteiger partial charge in [0.15, 0.2) is 0 Å². The van der Waals surface area contributed by atoms with Gasteiger partial charge >= 0.3 is 6.03 Å². The number of hydrogen-bond donors (Lipinski definition) is 3. The van der Waals surface area contributed by atoms with Crippen molar-refractivity contribution in [3.8, 4) is 0 Å². The first-order valence-corrected chi connectivity index (χ1v) is 8.09. The zero-order valence-corrected chi connectivity index (χ0v) is 13.1. The van der Waals surface area contributed by atoms with Gasteiger partial charge in [0.1, 0.15) is 0 Å². The van der Waals surface area contributed by atoms with E-state index < -0.39 is 16.1 Å². The second kappa shape index (κ2) is 6.15. The molecular formula is C13H12BrN3O3S. The number of benzene rings is 2. The molecule has 2 amide bonds. The van der Waals surface area contributed by atoms with E-state index in [0.717, 1.165) is 4.47 Å². The molecule has 0 unspecified atom stereocenters. The normalized spacial score (nSPS) is 10.9. The Morgan fingerprint density at radius 3 is 2.00 bits per heavy atom. The van der Waals surface area contributed by atoms with Gasteiger partial charge < -0.3 is 11.1 Å². The average Bonchev–Trinajstić information content (AvgIpc) is 2.40. The lowest BCUT2D eigenvalue weighted by Crippen LogP contribution is -2.19. The van der Waals surface area contributed by atoms with Crippen LogP contribution in [0.25, 0.3) is 0 Å². The van der Waals surface area contributed by atoms with Gasteiger partial charge in [0.2, 0.25) is 0 Å². The number of rotatable bonds is 4. The number of primary amides is 1. The number of sulfonamides is 1. The van der Waals surface area contributed by atoms with E-state index in [1.165, 1.54) is 24.3 Å². The van der Waals surface area contributed by atoms with Gasteiger partial charge in [-0.05, 0) is 48.5 Å². The van der Waals surface area contributed by atoms with Crippen LogP contribution in [0.3, 0.4) is 0 Å². The van der Waals surface area contributed by atoms with Gasteiger partial charge in [-0.25, -0.2) is 13.2 Å². The number of halogens is 1. The van der Waals surface area contributed by atoms with Gasteiger partial charge in [-0.1, -0.05) is 15.9 Å². The maximum Gasteiger partial charge on any atom is 0.316 e. The van der Waals surface area contributed by atoms with Crippen LogP contribution in [-0.2, 0) is 10.0 Å². The number of carbonyl (C=O) groups is 1. The van der Waals surface area contributed by atoms with Crippen molar-refractivity contribution in [1.82, 2.24) is 0 Å². The van der Waals surface area contributed by atoms with Crippen molar-refractivity contribution in [2.24, 2.45) is 5.73 Å². The summed E-state index contributed by atoms with van der Waals surface area (Å²) in [5, 5.41) is 2.39. The second-order valence-corrected chi connectivity index (χ2v) is 6.72. The first-order valence-electron chi connectivity index (χ1n) is 5.82. The number of nitrogens with two attached hydrogens (primary N) is 1. The Labute approximate surface area is 130 Å². The first kappa shape index (κ1) is 15.3. The predicted molar refractivity (Wildman–Crippen MR) is 84.6 cm³/mol. The van der Waals surface area contributed by atoms with Crippen LogP contribution in [0.1, 0.15) is 0 Å². The molecule has 0 fully saturated rings. The van der Waals surface area contributed by atoms with E-state index in [-0.39, 0.29) is 4.90 Å². The van der Waals surface area contributed by atoms with E-state index in [0.29, 0.717) is 11.4 Å². The minimum absolute atomic E-state index is 0.157. The number of carbonyl (C=O) groups excluding carboxylic acids is 1. The smallest absolute Gasteiger partial charge is 0.316 e. The Bertz CT molecular complexity index is 743. The molecule has 2 rings (SSSR count). The number of nitrogens with one attached hydrogen (secondary N) is 2. The number of urea groups is 1. The van der Waals surface area contributed by atoms with Crippen molar-refractivity contribution in [2.75, 3.05) is 10.0 Å². The molecule has 6 nitrogen and oxygen atoms in total. The zero-order valence-electron chi connectivity index (χ0n) is 10.7. The van der Waals surface area contributed by atoms with Crippen molar-refractivity contribution >= 4 is 43.4 Å². The average molecular weight is 370 g/mol. The molecule has 8 heteroatoms. The highest BCUT2D eigenvalue weighted by molar-refractivity contribution is 9.10. The molecule has 0 spiro atoms. The Morgan fingerprint density at radius 2 is 1.48 bits per heavy atom. The topological polar surface area (TPSA) is 101 Å². The quantitative estimate of drug-likeness (QED) is 0.771. The van der Waals surface area contributed by atoms with Crippen LogP contribution in [-0.4, -0.2) is 14.4 Å². The van der Waals surface area contributed by atoms with Crippen LogP contribution in [0.15, 0.2) is 57.9 Å². The number of hydrogen-bond acceptors (Lipinski definition) is 3. The lowest BCUT2D eigenvalue weighted by Gasteiger charge is -2.09. The maximum atomic E-state index is 12.2. The van der Waals surface area contributed by atoms with E-state index >= 15 is 0 Å². The minimum atomic E-state index is -3.65. The highest BCUT2D eigenvalue weighted by atomic mass is 79.9. The maximum absolute atomic E-state index is 12.2. The summed E-state index contributed by atoms with van der Waals surface area (Å²) in [5.41, 5.74) is 5.85. The third-order valence-corrected chi connectivity index (χ3v) is 4.45. The summed E-state index contributed by atoms with van der Waals surface area (Å²) < 4.78 is 27.6. The molecule has 2 aromatic carbocycles. The lowest BCUT2D eigenvalue weighted by atomic mass is 10.3. The minimum Gasteiger partial charge on any atom is -0.351 e. The van der Waals surface area contributed by atoms with Crippen molar-refractivity contribution in [2.45, 2.75) is 4.90 Å². The molecule has 0 radical (unpaired) electrons. The van der Waals surface area contributed by atoms with Crippen LogP contribution in [0.4, 0.5) is 16.2 Å². The zero-order chi connectivity index (χ0) is 15.5. The summed E-state index contributed by atoms with van der Waals surface area (Å²) in [6, 6.07) is 11.8. The van der Waals surface area contributed by atoms with Gasteiger partial charge in [-0.2, -0.15) is 0 Å². The fourth-order valence-corrected chi connectivity index (χ4v) is 2.91. The molecular weight excluding hydrogens is 358 g/mol. The molecule has 0 heterocycles. The molecule has 21 heavy (non-hydrogen) atoms. The third kappa shape index (κ3) is 4.20. The summed E-state index contributed by atoms with van der Waals surface area (Å²) in [4.78, 5) is 10.8. The Hall–Kier alpha value is -2.06. The largest absolute Gasteiger partial charge is 0.351 e. The molecule has 0 aliphatic carbocycles. The second-order valence-electron chi connectivity index (χ2n) is 4.13. The molecule has 0 aliphatic rings. The Kier molecular flexibility index (Phi) is 4.49. The molecule has 0 aliphatic heterocycles. The van der Waals surface area contributed by atoms with Gasteiger partial charge in [0.05, 0.1) is 4.90 Å². The highest BCUT2D eigenvalue weighted by Gasteiger charge is 2.13. The molecule has 4 N–H and O–H groups in total. The van der Waals surface area contributed by atoms with Gasteiger partial charge in [-0.3, -0.25) is 4.72 Å². The van der Waals surface area contributed by atoms with Gasteiger partial charge in [0, 0.05) is 15.8 Å². The SMILES string of the molecule is NC(=O)Nc1ccc(NS(=O)(=O)c2ccc(Br)cc2)cc1. The van der Waals surface area contributed by atoms with Gasteiger partial charge in [-0.15, -0.1) is 0 Å². The fraction of sp³-hybridized carbons (Fsp3) is 0. The molecule has 0 saturated carbocycles. The summed E-state index contributed by atoms with van der Waals surface area (Å²) in [5.74, 6) is 0. The molecule has 0 atom stereocenters. The van der Waals surface area contributed by atoms with Crippen molar-refractivity contribution < 1.29 is 13.2 Å². The highest BCUT2D eigenvalue weighted by Crippen LogP contribution is 2.20. The number of anilines is 2. The monoisotopic (exact) mass is 369 g/mol. The van der Waals surface area contributed by atoms with Crippen molar-refractivity contribution in [3.63, 3.8) is 0 Å². The first-order chi connectivity index (χ1) is 9.87. The molecule has 0 aromatic heterocycles. The van der Waals surface area contributed by atoms with Crippen molar-refractivity contribution in [1.29, 1.82) is 0 Å². The Morgan fingerprint density at radius 1 is 0.952 bits per heavy atom. The molecule has 110 valence electrons. The van der Waals surface area contributed by atoms with Crippen LogP contribution >= 0.6 is 15.9 Å².